The minimum atomic E-state index is -0.603. The molecule has 1 nitrogen and oxygen atoms in total. The lowest BCUT2D eigenvalue weighted by Gasteiger charge is -2.09. The van der Waals surface area contributed by atoms with Gasteiger partial charge < -0.3 is 5.11 Å². The lowest BCUT2D eigenvalue weighted by atomic mass is 10.1. The Morgan fingerprint density at radius 1 is 1.42 bits per heavy atom. The van der Waals surface area contributed by atoms with Crippen LogP contribution < -0.4 is 0 Å². The zero-order chi connectivity index (χ0) is 9.14. The Kier molecular flexibility index (Phi) is 4.03. The minimum absolute atomic E-state index is 0.209. The van der Waals surface area contributed by atoms with E-state index in [1.807, 2.05) is 18.2 Å². The van der Waals surface area contributed by atoms with E-state index in [-0.39, 0.29) is 5.88 Å². The smallest absolute Gasteiger partial charge is 0.0936 e. The van der Waals surface area contributed by atoms with Gasteiger partial charge in [0.1, 0.15) is 0 Å². The second-order valence-corrected chi connectivity index (χ2v) is 4.41. The maximum Gasteiger partial charge on any atom is 0.0936 e. The summed E-state index contributed by atoms with van der Waals surface area (Å²) in [5.41, 5.74) is 0.813. The van der Waals surface area contributed by atoms with Crippen molar-refractivity contribution in [3.8, 4) is 0 Å². The molecule has 1 rings (SSSR count). The Morgan fingerprint density at radius 2 is 2.08 bits per heavy atom. The molecule has 0 saturated carbocycles. The van der Waals surface area contributed by atoms with Crippen LogP contribution in [0.5, 0.6) is 0 Å². The molecule has 0 aromatic heterocycles. The fourth-order valence-corrected chi connectivity index (χ4v) is 2.33. The molecule has 0 bridgehead atoms. The van der Waals surface area contributed by atoms with Crippen molar-refractivity contribution < 1.29 is 5.11 Å². The largest absolute Gasteiger partial charge is 0.387 e. The average molecular weight is 314 g/mol. The molecule has 4 heteroatoms. The summed E-state index contributed by atoms with van der Waals surface area (Å²) in [5, 5.41) is 9.42. The van der Waals surface area contributed by atoms with Crippen LogP contribution in [0.25, 0.3) is 0 Å². The van der Waals surface area contributed by atoms with Crippen LogP contribution in [-0.2, 0) is 0 Å². The van der Waals surface area contributed by atoms with Crippen LogP contribution in [0.3, 0.4) is 0 Å². The number of hydrogen-bond acceptors (Lipinski definition) is 1. The first-order valence-electron chi connectivity index (χ1n) is 3.34. The minimum Gasteiger partial charge on any atom is -0.387 e. The van der Waals surface area contributed by atoms with Gasteiger partial charge in [-0.3, -0.25) is 0 Å². The predicted octanol–water partition coefficient (Wildman–Crippen LogP) is 3.48. The summed E-state index contributed by atoms with van der Waals surface area (Å²) in [6, 6.07) is 5.59. The van der Waals surface area contributed by atoms with Gasteiger partial charge in [-0.05, 0) is 17.7 Å². The highest BCUT2D eigenvalue weighted by molar-refractivity contribution is 9.11. The first kappa shape index (κ1) is 10.5. The summed E-state index contributed by atoms with van der Waals surface area (Å²) >= 11 is 12.2. The third-order valence-corrected chi connectivity index (χ3v) is 2.94. The number of aliphatic hydroxyl groups excluding tert-OH is 1. The van der Waals surface area contributed by atoms with Gasteiger partial charge in [0.05, 0.1) is 12.0 Å². The highest BCUT2D eigenvalue weighted by atomic mass is 79.9. The molecule has 1 atom stereocenters. The summed E-state index contributed by atoms with van der Waals surface area (Å²) in [6.07, 6.45) is -0.603. The molecule has 1 N–H and O–H groups in total. The molecule has 0 amide bonds. The molecule has 0 aliphatic heterocycles. The Hall–Kier alpha value is 0.430. The van der Waals surface area contributed by atoms with Crippen molar-refractivity contribution >= 4 is 43.5 Å². The molecular weight excluding hydrogens is 307 g/mol. The first-order valence-corrected chi connectivity index (χ1v) is 5.46. The molecule has 1 aromatic carbocycles. The van der Waals surface area contributed by atoms with Gasteiger partial charge in [0.2, 0.25) is 0 Å². The van der Waals surface area contributed by atoms with Crippen LogP contribution in [0.2, 0.25) is 0 Å². The molecule has 66 valence electrons. The number of alkyl halides is 1. The fourth-order valence-electron chi connectivity index (χ4n) is 0.855. The average Bonchev–Trinajstić information content (AvgIpc) is 2.03. The van der Waals surface area contributed by atoms with Crippen LogP contribution in [0.1, 0.15) is 11.7 Å². The zero-order valence-corrected chi connectivity index (χ0v) is 10.0. The highest BCUT2D eigenvalue weighted by Crippen LogP contribution is 2.27. The van der Waals surface area contributed by atoms with E-state index in [9.17, 15) is 5.11 Å². The SMILES string of the molecule is O[C@@H](CCl)c1ccc(Br)cc1Br. The van der Waals surface area contributed by atoms with Crippen molar-refractivity contribution in [3.63, 3.8) is 0 Å². The fraction of sp³-hybridized carbons (Fsp3) is 0.250. The van der Waals surface area contributed by atoms with Gasteiger partial charge in [0.15, 0.2) is 0 Å². The molecular formula is C8H7Br2ClO. The monoisotopic (exact) mass is 312 g/mol. The van der Waals surface area contributed by atoms with Gasteiger partial charge in [0.25, 0.3) is 0 Å². The van der Waals surface area contributed by atoms with Crippen LogP contribution >= 0.6 is 43.5 Å². The van der Waals surface area contributed by atoms with Gasteiger partial charge in [-0.15, -0.1) is 11.6 Å². The third kappa shape index (κ3) is 2.46. The molecule has 0 unspecified atom stereocenters. The molecule has 0 fully saturated rings. The molecule has 1 aromatic rings. The Balaban J connectivity index is 3.01. The van der Waals surface area contributed by atoms with Crippen molar-refractivity contribution in [3.05, 3.63) is 32.7 Å². The molecule has 12 heavy (non-hydrogen) atoms. The summed E-state index contributed by atoms with van der Waals surface area (Å²) in [5.74, 6) is 0.209. The van der Waals surface area contributed by atoms with Gasteiger partial charge in [0, 0.05) is 8.95 Å². The van der Waals surface area contributed by atoms with E-state index in [1.54, 1.807) is 0 Å². The maximum atomic E-state index is 9.42. The van der Waals surface area contributed by atoms with Crippen LogP contribution in [0, 0.1) is 0 Å². The molecule has 0 heterocycles. The highest BCUT2D eigenvalue weighted by Gasteiger charge is 2.09. The maximum absolute atomic E-state index is 9.42. The van der Waals surface area contributed by atoms with Crippen molar-refractivity contribution in [2.24, 2.45) is 0 Å². The van der Waals surface area contributed by atoms with Crippen LogP contribution in [0.4, 0.5) is 0 Å². The lowest BCUT2D eigenvalue weighted by Crippen LogP contribution is -1.99. The quantitative estimate of drug-likeness (QED) is 0.829. The summed E-state index contributed by atoms with van der Waals surface area (Å²) in [7, 11) is 0. The second-order valence-electron chi connectivity index (χ2n) is 2.34. The molecule has 0 aliphatic rings. The zero-order valence-electron chi connectivity index (χ0n) is 6.10. The van der Waals surface area contributed by atoms with Crippen molar-refractivity contribution in [1.29, 1.82) is 0 Å². The van der Waals surface area contributed by atoms with Crippen molar-refractivity contribution in [2.75, 3.05) is 5.88 Å². The van der Waals surface area contributed by atoms with Crippen LogP contribution in [0.15, 0.2) is 27.1 Å². The lowest BCUT2D eigenvalue weighted by molar-refractivity contribution is 0.202. The normalized spacial score (nSPS) is 13.0. The number of benzene rings is 1. The number of halogens is 3. The standard InChI is InChI=1S/C8H7Br2ClO/c9-5-1-2-6(7(10)3-5)8(12)4-11/h1-3,8,12H,4H2/t8-/m0/s1. The number of hydrogen-bond donors (Lipinski definition) is 1. The Morgan fingerprint density at radius 3 is 2.58 bits per heavy atom. The topological polar surface area (TPSA) is 20.2 Å². The molecule has 0 radical (unpaired) electrons. The van der Waals surface area contributed by atoms with Gasteiger partial charge in [-0.1, -0.05) is 37.9 Å². The van der Waals surface area contributed by atoms with E-state index in [0.717, 1.165) is 14.5 Å². The summed E-state index contributed by atoms with van der Waals surface area (Å²) < 4.78 is 1.84. The molecule has 0 saturated heterocycles. The third-order valence-electron chi connectivity index (χ3n) is 1.47. The van der Waals surface area contributed by atoms with Gasteiger partial charge >= 0.3 is 0 Å². The van der Waals surface area contributed by atoms with E-state index in [0.29, 0.717) is 0 Å². The van der Waals surface area contributed by atoms with E-state index < -0.39 is 6.10 Å². The Bertz CT molecular complexity index is 278. The molecule has 0 aliphatic carbocycles. The number of aliphatic hydroxyl groups is 1. The van der Waals surface area contributed by atoms with Crippen molar-refractivity contribution in [2.45, 2.75) is 6.10 Å². The van der Waals surface area contributed by atoms with Gasteiger partial charge in [-0.25, -0.2) is 0 Å². The van der Waals surface area contributed by atoms with E-state index in [1.165, 1.54) is 0 Å². The van der Waals surface area contributed by atoms with E-state index in [2.05, 4.69) is 31.9 Å². The second kappa shape index (κ2) is 4.61. The molecule has 0 spiro atoms. The van der Waals surface area contributed by atoms with Crippen LogP contribution in [-0.4, -0.2) is 11.0 Å². The summed E-state index contributed by atoms with van der Waals surface area (Å²) in [4.78, 5) is 0. The first-order chi connectivity index (χ1) is 5.65. The van der Waals surface area contributed by atoms with E-state index in [4.69, 9.17) is 11.6 Å². The van der Waals surface area contributed by atoms with Gasteiger partial charge in [-0.2, -0.15) is 0 Å². The summed E-state index contributed by atoms with van der Waals surface area (Å²) in [6.45, 7) is 0. The number of rotatable bonds is 2. The predicted molar refractivity (Wildman–Crippen MR) is 57.5 cm³/mol. The van der Waals surface area contributed by atoms with E-state index >= 15 is 0 Å². The Labute approximate surface area is 93.0 Å². The van der Waals surface area contributed by atoms with Crippen molar-refractivity contribution in [1.82, 2.24) is 0 Å².